The maximum absolute atomic E-state index is 12.6. The molecule has 0 saturated carbocycles. The summed E-state index contributed by atoms with van der Waals surface area (Å²) in [7, 11) is -1.91. The summed E-state index contributed by atoms with van der Waals surface area (Å²) in [6.07, 6.45) is 2.01. The van der Waals surface area contributed by atoms with E-state index in [0.29, 0.717) is 37.1 Å². The monoisotopic (exact) mass is 473 g/mol. The molecular formula is C24H31N3O5S. The van der Waals surface area contributed by atoms with E-state index in [0.717, 1.165) is 17.0 Å². The van der Waals surface area contributed by atoms with E-state index in [1.807, 2.05) is 42.7 Å². The lowest BCUT2D eigenvalue weighted by Gasteiger charge is -2.17. The van der Waals surface area contributed by atoms with Crippen LogP contribution in [0.5, 0.6) is 23.3 Å². The number of aryl methyl sites for hydroxylation is 1. The van der Waals surface area contributed by atoms with Crippen molar-refractivity contribution < 1.29 is 22.6 Å². The van der Waals surface area contributed by atoms with Crippen molar-refractivity contribution in [1.82, 2.24) is 14.3 Å². The van der Waals surface area contributed by atoms with Gasteiger partial charge >= 0.3 is 6.01 Å². The molecule has 0 saturated heterocycles. The van der Waals surface area contributed by atoms with E-state index in [4.69, 9.17) is 14.2 Å². The van der Waals surface area contributed by atoms with Gasteiger partial charge in [-0.3, -0.25) is 4.57 Å². The van der Waals surface area contributed by atoms with Crippen LogP contribution in [0.1, 0.15) is 37.6 Å². The molecule has 0 fully saturated rings. The Labute approximate surface area is 195 Å². The summed E-state index contributed by atoms with van der Waals surface area (Å²) in [6.45, 7) is 6.66. The first-order valence-electron chi connectivity index (χ1n) is 10.9. The van der Waals surface area contributed by atoms with Gasteiger partial charge in [0.05, 0.1) is 37.4 Å². The predicted octanol–water partition coefficient (Wildman–Crippen LogP) is 4.46. The zero-order valence-electron chi connectivity index (χ0n) is 19.4. The topological polar surface area (TPSA) is 91.7 Å². The number of benzene rings is 2. The first-order chi connectivity index (χ1) is 15.8. The van der Waals surface area contributed by atoms with Crippen molar-refractivity contribution in [1.29, 1.82) is 0 Å². The van der Waals surface area contributed by atoms with Gasteiger partial charge in [-0.25, -0.2) is 18.1 Å². The fourth-order valence-electron chi connectivity index (χ4n) is 3.33. The van der Waals surface area contributed by atoms with Crippen LogP contribution in [0.2, 0.25) is 0 Å². The molecule has 3 aromatic rings. The Morgan fingerprint density at radius 2 is 1.67 bits per heavy atom. The van der Waals surface area contributed by atoms with Crippen molar-refractivity contribution >= 4 is 10.0 Å². The normalized spacial score (nSPS) is 12.4. The van der Waals surface area contributed by atoms with Crippen LogP contribution in [0.3, 0.4) is 0 Å². The highest BCUT2D eigenvalue weighted by Crippen LogP contribution is 2.25. The second-order valence-corrected chi connectivity index (χ2v) is 9.53. The molecule has 0 aliphatic heterocycles. The van der Waals surface area contributed by atoms with Crippen LogP contribution < -0.4 is 18.9 Å². The Kier molecular flexibility index (Phi) is 8.35. The van der Waals surface area contributed by atoms with E-state index >= 15 is 0 Å². The zero-order valence-corrected chi connectivity index (χ0v) is 20.3. The van der Waals surface area contributed by atoms with Gasteiger partial charge in [0.25, 0.3) is 0 Å². The van der Waals surface area contributed by atoms with Crippen LogP contribution in [0, 0.1) is 6.92 Å². The zero-order chi connectivity index (χ0) is 23.8. The minimum absolute atomic E-state index is 0.0412. The van der Waals surface area contributed by atoms with Crippen LogP contribution in [-0.4, -0.2) is 37.4 Å². The quantitative estimate of drug-likeness (QED) is 0.391. The first-order valence-corrected chi connectivity index (χ1v) is 12.5. The van der Waals surface area contributed by atoms with Crippen molar-refractivity contribution in [3.63, 3.8) is 0 Å². The fourth-order valence-corrected chi connectivity index (χ4v) is 4.60. The minimum atomic E-state index is -3.51. The largest absolute Gasteiger partial charge is 0.497 e. The molecule has 1 aromatic heterocycles. The molecule has 0 aliphatic rings. The lowest BCUT2D eigenvalue weighted by atomic mass is 10.2. The number of aromatic nitrogens is 2. The molecule has 0 bridgehead atoms. The molecule has 178 valence electrons. The Hall–Kier alpha value is -3.04. The third-order valence-electron chi connectivity index (χ3n) is 5.08. The highest BCUT2D eigenvalue weighted by molar-refractivity contribution is 7.89. The van der Waals surface area contributed by atoms with Crippen molar-refractivity contribution in [2.24, 2.45) is 0 Å². The maximum Gasteiger partial charge on any atom is 0.302 e. The van der Waals surface area contributed by atoms with E-state index < -0.39 is 16.1 Å². The van der Waals surface area contributed by atoms with Gasteiger partial charge in [0.1, 0.15) is 17.2 Å². The molecule has 0 aliphatic carbocycles. The highest BCUT2D eigenvalue weighted by atomic mass is 32.2. The van der Waals surface area contributed by atoms with Crippen molar-refractivity contribution in [3.8, 4) is 23.3 Å². The van der Waals surface area contributed by atoms with Crippen LogP contribution in [-0.2, 0) is 16.6 Å². The number of imidazole rings is 1. The number of rotatable bonds is 12. The first kappa shape index (κ1) is 24.6. The molecule has 1 heterocycles. The number of nitrogens with zero attached hydrogens (tertiary/aromatic N) is 2. The summed E-state index contributed by atoms with van der Waals surface area (Å²) < 4.78 is 46.4. The molecule has 1 N–H and O–H groups in total. The van der Waals surface area contributed by atoms with Crippen LogP contribution >= 0.6 is 0 Å². The molecule has 0 radical (unpaired) electrons. The molecule has 3 rings (SSSR count). The third-order valence-corrected chi connectivity index (χ3v) is 6.62. The number of hydrogen-bond donors (Lipinski definition) is 1. The number of ether oxygens (including phenoxy) is 3. The second kappa shape index (κ2) is 11.2. The molecule has 1 atom stereocenters. The lowest BCUT2D eigenvalue weighted by molar-refractivity contribution is 0.316. The smallest absolute Gasteiger partial charge is 0.302 e. The summed E-state index contributed by atoms with van der Waals surface area (Å²) in [5.41, 5.74) is 1.87. The van der Waals surface area contributed by atoms with Gasteiger partial charge in [0.2, 0.25) is 10.0 Å². The van der Waals surface area contributed by atoms with Crippen LogP contribution in [0.15, 0.2) is 54.7 Å². The Balaban J connectivity index is 1.54. The molecule has 8 nitrogen and oxygen atoms in total. The van der Waals surface area contributed by atoms with Crippen molar-refractivity contribution in [2.45, 2.75) is 39.8 Å². The Morgan fingerprint density at radius 1 is 1.03 bits per heavy atom. The summed E-state index contributed by atoms with van der Waals surface area (Å²) in [4.78, 5) is 4.35. The fraction of sp³-hybridized carbons (Fsp3) is 0.375. The lowest BCUT2D eigenvalue weighted by Crippen LogP contribution is -2.31. The molecule has 1 unspecified atom stereocenters. The van der Waals surface area contributed by atoms with Gasteiger partial charge in [-0.2, -0.15) is 0 Å². The van der Waals surface area contributed by atoms with E-state index in [1.165, 1.54) is 0 Å². The van der Waals surface area contributed by atoms with Crippen LogP contribution in [0.4, 0.5) is 0 Å². The third kappa shape index (κ3) is 6.97. The second-order valence-electron chi connectivity index (χ2n) is 7.66. The van der Waals surface area contributed by atoms with Gasteiger partial charge in [-0.15, -0.1) is 0 Å². The average molecular weight is 474 g/mol. The minimum Gasteiger partial charge on any atom is -0.497 e. The van der Waals surface area contributed by atoms with E-state index in [-0.39, 0.29) is 5.75 Å². The molecule has 0 spiro atoms. The van der Waals surface area contributed by atoms with Gasteiger partial charge < -0.3 is 14.2 Å². The Morgan fingerprint density at radius 3 is 2.30 bits per heavy atom. The van der Waals surface area contributed by atoms with Gasteiger partial charge in [-0.05, 0) is 63.6 Å². The number of methoxy groups -OCH3 is 1. The molecule has 9 heteroatoms. The van der Waals surface area contributed by atoms with E-state index in [9.17, 15) is 8.42 Å². The van der Waals surface area contributed by atoms with E-state index in [1.54, 1.807) is 44.5 Å². The SMILES string of the molecule is CCn1c(C(C)NS(=O)(=O)CCCOc2ccc(OC)cc2)cnc1Oc1ccc(C)cc1. The maximum atomic E-state index is 12.6. The molecular weight excluding hydrogens is 442 g/mol. The molecule has 33 heavy (non-hydrogen) atoms. The number of nitrogens with one attached hydrogen (secondary N) is 1. The highest BCUT2D eigenvalue weighted by Gasteiger charge is 2.21. The molecule has 0 amide bonds. The standard InChI is InChI=1S/C24H31N3O5S/c1-5-27-23(17-25-24(27)32-22-9-7-18(2)8-10-22)19(3)26-33(28,29)16-6-15-31-21-13-11-20(30-4)12-14-21/h7-14,17,19,26H,5-6,15-16H2,1-4H3. The van der Waals surface area contributed by atoms with Gasteiger partial charge in [0.15, 0.2) is 0 Å². The Bertz CT molecular complexity index is 1130. The number of hydrogen-bond acceptors (Lipinski definition) is 6. The van der Waals surface area contributed by atoms with Crippen molar-refractivity contribution in [2.75, 3.05) is 19.5 Å². The predicted molar refractivity (Wildman–Crippen MR) is 128 cm³/mol. The average Bonchev–Trinajstić information content (AvgIpc) is 3.21. The summed E-state index contributed by atoms with van der Waals surface area (Å²) in [6, 6.07) is 14.8. The van der Waals surface area contributed by atoms with E-state index in [2.05, 4.69) is 9.71 Å². The summed E-state index contributed by atoms with van der Waals surface area (Å²) >= 11 is 0. The van der Waals surface area contributed by atoms with Crippen molar-refractivity contribution in [3.05, 3.63) is 66.0 Å². The summed E-state index contributed by atoms with van der Waals surface area (Å²) in [5.74, 6) is 2.04. The van der Waals surface area contributed by atoms with Gasteiger partial charge in [0, 0.05) is 6.54 Å². The van der Waals surface area contributed by atoms with Gasteiger partial charge in [-0.1, -0.05) is 17.7 Å². The summed E-state index contributed by atoms with van der Waals surface area (Å²) in [5, 5.41) is 0. The molecule has 2 aromatic carbocycles. The number of sulfonamides is 1. The van der Waals surface area contributed by atoms with Crippen LogP contribution in [0.25, 0.3) is 0 Å².